The number of halogens is 2. The van der Waals surface area contributed by atoms with Crippen LogP contribution in [0.1, 0.15) is 12.8 Å². The van der Waals surface area contributed by atoms with Gasteiger partial charge in [0.15, 0.2) is 0 Å². The molecule has 0 unspecified atom stereocenters. The molecule has 10 heteroatoms. The molecule has 192 valence electrons. The number of benzene rings is 1. The van der Waals surface area contributed by atoms with Gasteiger partial charge in [-0.3, -0.25) is 9.30 Å². The Kier molecular flexibility index (Phi) is 6.90. The van der Waals surface area contributed by atoms with Crippen molar-refractivity contribution >= 4 is 46.2 Å². The fourth-order valence-corrected chi connectivity index (χ4v) is 5.83. The van der Waals surface area contributed by atoms with E-state index < -0.39 is 0 Å². The highest BCUT2D eigenvalue weighted by molar-refractivity contribution is 6.33. The number of aromatic nitrogens is 4. The number of rotatable bonds is 5. The lowest BCUT2D eigenvalue weighted by molar-refractivity contribution is 0.0982. The van der Waals surface area contributed by atoms with E-state index in [-0.39, 0.29) is 0 Å². The Hall–Kier alpha value is -2.91. The minimum Gasteiger partial charge on any atom is -0.370 e. The predicted molar refractivity (Wildman–Crippen MR) is 150 cm³/mol. The number of piperazine rings is 1. The molecule has 0 bridgehead atoms. The summed E-state index contributed by atoms with van der Waals surface area (Å²) in [5.41, 5.74) is 4.15. The maximum atomic E-state index is 6.76. The Bertz CT molecular complexity index is 1390. The summed E-state index contributed by atoms with van der Waals surface area (Å²) >= 11 is 13.2. The van der Waals surface area contributed by atoms with Crippen LogP contribution in [-0.2, 0) is 0 Å². The smallest absolute Gasteiger partial charge is 0.227 e. The first-order valence-corrected chi connectivity index (χ1v) is 13.5. The van der Waals surface area contributed by atoms with Crippen molar-refractivity contribution in [1.29, 1.82) is 0 Å². The predicted octanol–water partition coefficient (Wildman–Crippen LogP) is 5.06. The number of likely N-dealkylation sites (N-methyl/N-ethyl adjacent to an activating group) is 1. The van der Waals surface area contributed by atoms with Gasteiger partial charge in [0, 0.05) is 57.2 Å². The van der Waals surface area contributed by atoms with Crippen LogP contribution in [0.5, 0.6) is 0 Å². The van der Waals surface area contributed by atoms with Crippen molar-refractivity contribution in [3.05, 3.63) is 65.0 Å². The standard InChI is InChI=1S/C27H30Cl2N8/c1-34-12-14-35(15-13-34)20-7-10-36(11-8-20)23-6-5-19(16-21(23)28)32-27-31-17-22(29)26(33-27)24-18-30-25-4-2-3-9-37(24)25/h2-6,9,16-18,20H,7-8,10-15H2,1H3,(H,31,32,33). The van der Waals surface area contributed by atoms with Crippen LogP contribution in [0.15, 0.2) is 55.0 Å². The molecule has 37 heavy (non-hydrogen) atoms. The van der Waals surface area contributed by atoms with Gasteiger partial charge in [-0.25, -0.2) is 15.0 Å². The van der Waals surface area contributed by atoms with E-state index in [1.165, 1.54) is 39.0 Å². The molecule has 2 aliphatic heterocycles. The zero-order valence-corrected chi connectivity index (χ0v) is 22.3. The third kappa shape index (κ3) is 5.11. The highest BCUT2D eigenvalue weighted by Crippen LogP contribution is 2.33. The average molecular weight is 537 g/mol. The number of nitrogens with zero attached hydrogens (tertiary/aromatic N) is 7. The first kappa shape index (κ1) is 24.4. The fourth-order valence-electron chi connectivity index (χ4n) is 5.34. The van der Waals surface area contributed by atoms with Crippen LogP contribution in [0.4, 0.5) is 17.3 Å². The number of nitrogens with one attached hydrogen (secondary N) is 1. The number of pyridine rings is 1. The molecule has 0 radical (unpaired) electrons. The lowest BCUT2D eigenvalue weighted by atomic mass is 10.0. The van der Waals surface area contributed by atoms with Crippen molar-refractivity contribution < 1.29 is 0 Å². The number of piperidine rings is 1. The van der Waals surface area contributed by atoms with Crippen LogP contribution < -0.4 is 10.2 Å². The van der Waals surface area contributed by atoms with Gasteiger partial charge in [0.05, 0.1) is 33.8 Å². The molecule has 2 saturated heterocycles. The summed E-state index contributed by atoms with van der Waals surface area (Å²) in [6.07, 6.45) is 7.66. The molecule has 0 spiro atoms. The normalized spacial score (nSPS) is 18.0. The van der Waals surface area contributed by atoms with Crippen LogP contribution in [-0.4, -0.2) is 81.5 Å². The molecule has 4 aromatic rings. The second-order valence-electron chi connectivity index (χ2n) is 9.81. The molecule has 1 aromatic carbocycles. The third-order valence-electron chi connectivity index (χ3n) is 7.47. The van der Waals surface area contributed by atoms with Crippen molar-refractivity contribution in [2.45, 2.75) is 18.9 Å². The summed E-state index contributed by atoms with van der Waals surface area (Å²) in [7, 11) is 2.21. The molecule has 0 saturated carbocycles. The highest BCUT2D eigenvalue weighted by atomic mass is 35.5. The van der Waals surface area contributed by atoms with Crippen LogP contribution in [0.3, 0.4) is 0 Å². The number of hydrogen-bond donors (Lipinski definition) is 1. The second kappa shape index (κ2) is 10.5. The minimum atomic E-state index is 0.446. The first-order valence-electron chi connectivity index (χ1n) is 12.7. The fraction of sp³-hybridized carbons (Fsp3) is 0.370. The molecule has 1 N–H and O–H groups in total. The number of anilines is 3. The van der Waals surface area contributed by atoms with E-state index in [1.807, 2.05) is 40.9 Å². The summed E-state index contributed by atoms with van der Waals surface area (Å²) in [4.78, 5) is 21.0. The third-order valence-corrected chi connectivity index (χ3v) is 8.05. The molecule has 6 rings (SSSR count). The lowest BCUT2D eigenvalue weighted by Gasteiger charge is -2.42. The van der Waals surface area contributed by atoms with Gasteiger partial charge in [-0.2, -0.15) is 0 Å². The Morgan fingerprint density at radius 2 is 1.70 bits per heavy atom. The summed E-state index contributed by atoms with van der Waals surface area (Å²) in [5.74, 6) is 0.446. The maximum Gasteiger partial charge on any atom is 0.227 e. The monoisotopic (exact) mass is 536 g/mol. The molecule has 3 aromatic heterocycles. The number of hydrogen-bond acceptors (Lipinski definition) is 7. The minimum absolute atomic E-state index is 0.446. The highest BCUT2D eigenvalue weighted by Gasteiger charge is 2.27. The van der Waals surface area contributed by atoms with Crippen LogP contribution in [0.2, 0.25) is 10.0 Å². The molecule has 0 aliphatic carbocycles. The van der Waals surface area contributed by atoms with E-state index in [2.05, 4.69) is 48.1 Å². The van der Waals surface area contributed by atoms with Gasteiger partial charge in [-0.05, 0) is 50.2 Å². The molecule has 5 heterocycles. The quantitative estimate of drug-likeness (QED) is 0.382. The van der Waals surface area contributed by atoms with Crippen molar-refractivity contribution in [3.63, 3.8) is 0 Å². The van der Waals surface area contributed by atoms with Gasteiger partial charge >= 0.3 is 0 Å². The largest absolute Gasteiger partial charge is 0.370 e. The maximum absolute atomic E-state index is 6.76. The summed E-state index contributed by atoms with van der Waals surface area (Å²) in [6.45, 7) is 6.72. The van der Waals surface area contributed by atoms with Crippen molar-refractivity contribution in [1.82, 2.24) is 29.2 Å². The topological polar surface area (TPSA) is 64.8 Å². The van der Waals surface area contributed by atoms with Crippen LogP contribution in [0.25, 0.3) is 17.0 Å². The first-order chi connectivity index (χ1) is 18.0. The lowest BCUT2D eigenvalue weighted by Crippen LogP contribution is -2.52. The van der Waals surface area contributed by atoms with Crippen molar-refractivity contribution in [3.8, 4) is 11.4 Å². The molecule has 0 atom stereocenters. The summed E-state index contributed by atoms with van der Waals surface area (Å²) in [5, 5.41) is 4.47. The molecular weight excluding hydrogens is 507 g/mol. The zero-order chi connectivity index (χ0) is 25.4. The molecule has 2 fully saturated rings. The Balaban J connectivity index is 1.14. The summed E-state index contributed by atoms with van der Waals surface area (Å²) in [6, 6.07) is 12.6. The Morgan fingerprint density at radius 3 is 2.49 bits per heavy atom. The van der Waals surface area contributed by atoms with Gasteiger partial charge in [0.1, 0.15) is 11.3 Å². The van der Waals surface area contributed by atoms with Crippen LogP contribution >= 0.6 is 23.2 Å². The number of imidazole rings is 1. The van der Waals surface area contributed by atoms with Crippen molar-refractivity contribution in [2.24, 2.45) is 0 Å². The van der Waals surface area contributed by atoms with Gasteiger partial charge in [0.2, 0.25) is 5.95 Å². The number of fused-ring (bicyclic) bond motifs is 1. The van der Waals surface area contributed by atoms with E-state index >= 15 is 0 Å². The van der Waals surface area contributed by atoms with Gasteiger partial charge in [-0.15, -0.1) is 0 Å². The SMILES string of the molecule is CN1CCN(C2CCN(c3ccc(Nc4ncc(Cl)c(-c5cnc6ccccn56)n4)cc3Cl)CC2)CC1. The average Bonchev–Trinajstić information content (AvgIpc) is 3.35. The zero-order valence-electron chi connectivity index (χ0n) is 20.8. The Labute approximate surface area is 226 Å². The van der Waals surface area contributed by atoms with E-state index in [0.29, 0.717) is 22.7 Å². The van der Waals surface area contributed by atoms with Gasteiger partial charge in [0.25, 0.3) is 0 Å². The second-order valence-corrected chi connectivity index (χ2v) is 10.6. The van der Waals surface area contributed by atoms with E-state index in [0.717, 1.165) is 40.8 Å². The molecular formula is C27H30Cl2N8. The van der Waals surface area contributed by atoms with E-state index in [4.69, 9.17) is 23.2 Å². The van der Waals surface area contributed by atoms with Crippen LogP contribution in [0, 0.1) is 0 Å². The molecule has 8 nitrogen and oxygen atoms in total. The summed E-state index contributed by atoms with van der Waals surface area (Å²) < 4.78 is 1.95. The van der Waals surface area contributed by atoms with Crippen molar-refractivity contribution in [2.75, 3.05) is 56.5 Å². The molecule has 0 amide bonds. The molecule has 2 aliphatic rings. The van der Waals surface area contributed by atoms with Gasteiger partial charge in [-0.1, -0.05) is 29.3 Å². The van der Waals surface area contributed by atoms with E-state index in [9.17, 15) is 0 Å². The van der Waals surface area contributed by atoms with Gasteiger partial charge < -0.3 is 15.1 Å². The Morgan fingerprint density at radius 1 is 0.892 bits per heavy atom. The van der Waals surface area contributed by atoms with E-state index in [1.54, 1.807) is 12.4 Å².